The number of hydrogen-bond acceptors (Lipinski definition) is 0. The molecule has 0 aromatic heterocycles. The van der Waals surface area contributed by atoms with Gasteiger partial charge >= 0.3 is 0 Å². The Labute approximate surface area is 203 Å². The van der Waals surface area contributed by atoms with Gasteiger partial charge in [0.25, 0.3) is 0 Å². The van der Waals surface area contributed by atoms with E-state index in [-0.39, 0.29) is 0 Å². The van der Waals surface area contributed by atoms with Crippen molar-refractivity contribution in [3.63, 3.8) is 0 Å². The van der Waals surface area contributed by atoms with Crippen molar-refractivity contribution in [3.05, 3.63) is 87.3 Å². The molecule has 0 aliphatic rings. The first-order valence-electron chi connectivity index (χ1n) is 13.0. The summed E-state index contributed by atoms with van der Waals surface area (Å²) in [5.41, 5.74) is 8.21. The summed E-state index contributed by atoms with van der Waals surface area (Å²) in [5.74, 6) is 0.635. The van der Waals surface area contributed by atoms with Gasteiger partial charge in [0.2, 0.25) is 0 Å². The maximum absolute atomic E-state index is 4.34. The molecule has 0 heterocycles. The van der Waals surface area contributed by atoms with Crippen LogP contribution in [0.25, 0.3) is 17.7 Å². The molecule has 2 rings (SSSR count). The van der Waals surface area contributed by atoms with Gasteiger partial charge in [0.05, 0.1) is 0 Å². The molecular formula is C33H46. The van der Waals surface area contributed by atoms with Gasteiger partial charge in [0.15, 0.2) is 0 Å². The third kappa shape index (κ3) is 9.58. The monoisotopic (exact) mass is 442 g/mol. The first kappa shape index (κ1) is 26.9. The van der Waals surface area contributed by atoms with Gasteiger partial charge in [-0.25, -0.2) is 0 Å². The first-order chi connectivity index (χ1) is 15.8. The normalized spacial score (nSPS) is 14.4. The van der Waals surface area contributed by atoms with Crippen molar-refractivity contribution < 1.29 is 0 Å². The van der Waals surface area contributed by atoms with Crippen LogP contribution in [0.15, 0.2) is 60.2 Å². The second-order valence-corrected chi connectivity index (χ2v) is 10.1. The lowest BCUT2D eigenvalue weighted by Crippen LogP contribution is -2.25. The molecule has 2 aromatic carbocycles. The van der Waals surface area contributed by atoms with Crippen molar-refractivity contribution in [2.45, 2.75) is 92.9 Å². The second kappa shape index (κ2) is 14.0. The zero-order valence-electron chi connectivity index (χ0n) is 22.1. The van der Waals surface area contributed by atoms with Crippen LogP contribution in [0.5, 0.6) is 0 Å². The Bertz CT molecular complexity index is 1050. The van der Waals surface area contributed by atoms with Crippen molar-refractivity contribution >= 4 is 17.7 Å². The highest BCUT2D eigenvalue weighted by Crippen LogP contribution is 2.22. The van der Waals surface area contributed by atoms with E-state index in [1.165, 1.54) is 78.0 Å². The summed E-state index contributed by atoms with van der Waals surface area (Å²) in [6, 6.07) is 15.4. The van der Waals surface area contributed by atoms with Crippen molar-refractivity contribution in [2.24, 2.45) is 5.92 Å². The fourth-order valence-electron chi connectivity index (χ4n) is 4.61. The fourth-order valence-corrected chi connectivity index (χ4v) is 4.61. The molecule has 0 radical (unpaired) electrons. The van der Waals surface area contributed by atoms with Gasteiger partial charge in [-0.1, -0.05) is 111 Å². The molecule has 0 aliphatic heterocycles. The van der Waals surface area contributed by atoms with Crippen LogP contribution >= 0.6 is 0 Å². The highest BCUT2D eigenvalue weighted by molar-refractivity contribution is 5.75. The Morgan fingerprint density at radius 1 is 0.909 bits per heavy atom. The lowest BCUT2D eigenvalue weighted by Gasteiger charge is -2.11. The highest BCUT2D eigenvalue weighted by atomic mass is 14.1. The van der Waals surface area contributed by atoms with Crippen LogP contribution in [-0.2, 0) is 0 Å². The third-order valence-electron chi connectivity index (χ3n) is 6.57. The molecular weight excluding hydrogens is 396 g/mol. The SMILES string of the molecule is C=c1ccc(C)c/c1=C(/C=C(\C)c1cccc(C)c1)CCCC(C)/C=C(\C)CCCCCC. The number of unbranched alkanes of at least 4 members (excludes halogenated alkanes) is 3. The Hall–Kier alpha value is -2.34. The summed E-state index contributed by atoms with van der Waals surface area (Å²) in [5, 5.41) is 2.43. The number of hydrogen-bond donors (Lipinski definition) is 0. The minimum absolute atomic E-state index is 0.635. The molecule has 0 bridgehead atoms. The Kier molecular flexibility index (Phi) is 11.4. The maximum atomic E-state index is 4.34. The van der Waals surface area contributed by atoms with Crippen LogP contribution in [0, 0.1) is 19.8 Å². The molecule has 0 heteroatoms. The zero-order chi connectivity index (χ0) is 24.2. The van der Waals surface area contributed by atoms with E-state index < -0.39 is 0 Å². The van der Waals surface area contributed by atoms with E-state index in [0.717, 1.165) is 11.6 Å². The molecule has 1 unspecified atom stereocenters. The summed E-state index contributed by atoms with van der Waals surface area (Å²) in [7, 11) is 0. The van der Waals surface area contributed by atoms with Gasteiger partial charge in [-0.15, -0.1) is 0 Å². The Morgan fingerprint density at radius 3 is 2.39 bits per heavy atom. The standard InChI is InChI=1S/C33H46/c1-8-9-10-11-14-25(2)21-26(3)15-13-18-32(33-23-28(5)19-20-29(33)6)24-30(7)31-17-12-16-27(4)22-31/h12,16-17,19-24,26H,6,8-11,13-15,18H2,1-5,7H3/b25-21+,30-24+,33-32-. The van der Waals surface area contributed by atoms with E-state index >= 15 is 0 Å². The first-order valence-corrected chi connectivity index (χ1v) is 13.0. The summed E-state index contributed by atoms with van der Waals surface area (Å²) in [6.07, 6.45) is 15.1. The number of rotatable bonds is 12. The van der Waals surface area contributed by atoms with Crippen LogP contribution in [0.2, 0.25) is 0 Å². The molecule has 1 atom stereocenters. The molecule has 2 aromatic rings. The van der Waals surface area contributed by atoms with E-state index in [2.05, 4.69) is 103 Å². The van der Waals surface area contributed by atoms with E-state index in [1.807, 2.05) is 0 Å². The zero-order valence-corrected chi connectivity index (χ0v) is 22.1. The summed E-state index contributed by atoms with van der Waals surface area (Å²) < 4.78 is 0. The largest absolute Gasteiger partial charge is 0.0911 e. The van der Waals surface area contributed by atoms with Gasteiger partial charge in [0, 0.05) is 0 Å². The average molecular weight is 443 g/mol. The summed E-state index contributed by atoms with van der Waals surface area (Å²) in [4.78, 5) is 0. The van der Waals surface area contributed by atoms with Gasteiger partial charge in [-0.05, 0) is 92.9 Å². The Morgan fingerprint density at radius 2 is 1.67 bits per heavy atom. The lowest BCUT2D eigenvalue weighted by molar-refractivity contribution is 0.604. The molecule has 0 saturated heterocycles. The molecule has 0 nitrogen and oxygen atoms in total. The van der Waals surface area contributed by atoms with Gasteiger partial charge in [-0.3, -0.25) is 0 Å². The molecule has 0 aliphatic carbocycles. The number of allylic oxidation sites excluding steroid dienone is 4. The smallest absolute Gasteiger partial charge is 0.0155 e. The average Bonchev–Trinajstić information content (AvgIpc) is 2.77. The quantitative estimate of drug-likeness (QED) is 0.228. The molecule has 0 spiro atoms. The molecule has 0 saturated carbocycles. The van der Waals surface area contributed by atoms with E-state index in [1.54, 1.807) is 5.57 Å². The van der Waals surface area contributed by atoms with Crippen LogP contribution in [0.1, 0.15) is 95.8 Å². The van der Waals surface area contributed by atoms with Gasteiger partial charge < -0.3 is 0 Å². The molecule has 0 N–H and O–H groups in total. The van der Waals surface area contributed by atoms with E-state index in [0.29, 0.717) is 5.92 Å². The van der Waals surface area contributed by atoms with Crippen LogP contribution < -0.4 is 10.4 Å². The van der Waals surface area contributed by atoms with Gasteiger partial charge in [-0.2, -0.15) is 0 Å². The molecule has 0 fully saturated rings. The van der Waals surface area contributed by atoms with E-state index in [4.69, 9.17) is 0 Å². The number of benzene rings is 2. The fraction of sp³-hybridized carbons (Fsp3) is 0.455. The maximum Gasteiger partial charge on any atom is -0.0155 e. The molecule has 178 valence electrons. The predicted octanol–water partition coefficient (Wildman–Crippen LogP) is 8.69. The second-order valence-electron chi connectivity index (χ2n) is 10.1. The van der Waals surface area contributed by atoms with Crippen molar-refractivity contribution in [2.75, 3.05) is 0 Å². The van der Waals surface area contributed by atoms with Crippen LogP contribution in [0.3, 0.4) is 0 Å². The van der Waals surface area contributed by atoms with Crippen molar-refractivity contribution in [3.8, 4) is 0 Å². The van der Waals surface area contributed by atoms with Crippen LogP contribution in [0.4, 0.5) is 0 Å². The lowest BCUT2D eigenvalue weighted by atomic mass is 9.94. The minimum Gasteiger partial charge on any atom is -0.0911 e. The van der Waals surface area contributed by atoms with Crippen LogP contribution in [-0.4, -0.2) is 0 Å². The van der Waals surface area contributed by atoms with Gasteiger partial charge in [0.1, 0.15) is 0 Å². The minimum atomic E-state index is 0.635. The number of aryl methyl sites for hydroxylation is 2. The third-order valence-corrected chi connectivity index (χ3v) is 6.57. The van der Waals surface area contributed by atoms with Crippen molar-refractivity contribution in [1.82, 2.24) is 0 Å². The highest BCUT2D eigenvalue weighted by Gasteiger charge is 2.05. The summed E-state index contributed by atoms with van der Waals surface area (Å²) >= 11 is 0. The topological polar surface area (TPSA) is 0 Å². The molecule has 33 heavy (non-hydrogen) atoms. The molecule has 0 amide bonds. The Balaban J connectivity index is 2.17. The van der Waals surface area contributed by atoms with Crippen molar-refractivity contribution in [1.29, 1.82) is 0 Å². The van der Waals surface area contributed by atoms with E-state index in [9.17, 15) is 0 Å². The summed E-state index contributed by atoms with van der Waals surface area (Å²) in [6.45, 7) is 17.9. The predicted molar refractivity (Wildman–Crippen MR) is 150 cm³/mol.